The predicted molar refractivity (Wildman–Crippen MR) is 60.0 cm³/mol. The van der Waals surface area contributed by atoms with Crippen LogP contribution in [-0.2, 0) is 11.3 Å². The van der Waals surface area contributed by atoms with Gasteiger partial charge in [-0.15, -0.1) is 0 Å². The molecule has 0 spiro atoms. The van der Waals surface area contributed by atoms with Gasteiger partial charge in [0.25, 0.3) is 12.5 Å². The van der Waals surface area contributed by atoms with Crippen molar-refractivity contribution >= 4 is 5.91 Å². The number of amides is 1. The third-order valence-electron chi connectivity index (χ3n) is 2.22. The van der Waals surface area contributed by atoms with Gasteiger partial charge in [-0.2, -0.15) is 0 Å². The van der Waals surface area contributed by atoms with E-state index in [-0.39, 0.29) is 12.1 Å². The van der Waals surface area contributed by atoms with Crippen molar-refractivity contribution < 1.29 is 9.72 Å². The van der Waals surface area contributed by atoms with Crippen LogP contribution in [0.3, 0.4) is 0 Å². The van der Waals surface area contributed by atoms with Crippen molar-refractivity contribution in [1.82, 2.24) is 9.88 Å². The molecule has 1 N–H and O–H groups in total. The molecule has 0 saturated heterocycles. The summed E-state index contributed by atoms with van der Waals surface area (Å²) in [6.07, 6.45) is 1.49. The molecule has 1 aromatic heterocycles. The number of nitrogens with one attached hydrogen (secondary N) is 1. The van der Waals surface area contributed by atoms with Crippen molar-refractivity contribution in [2.75, 3.05) is 13.1 Å². The third kappa shape index (κ3) is 4.06. The second-order valence-corrected chi connectivity index (χ2v) is 3.46. The standard InChI is InChI=1S/C10H13N3O4/c1-2-12(10(15)7-13(16)17)6-8-3-4-9(14)11-5-8/h3-5H,2,6-7H2,1H3,(H,11,14). The first-order chi connectivity index (χ1) is 8.02. The van der Waals surface area contributed by atoms with Gasteiger partial charge in [-0.1, -0.05) is 6.07 Å². The number of likely N-dealkylation sites (N-methyl/N-ethyl adjacent to an activating group) is 1. The molecule has 0 atom stereocenters. The number of nitrogens with zero attached hydrogens (tertiary/aromatic N) is 2. The summed E-state index contributed by atoms with van der Waals surface area (Å²) in [5.41, 5.74) is 0.497. The number of hydrogen-bond donors (Lipinski definition) is 1. The Bertz CT molecular complexity index is 448. The summed E-state index contributed by atoms with van der Waals surface area (Å²) >= 11 is 0. The van der Waals surface area contributed by atoms with Crippen molar-refractivity contribution in [3.63, 3.8) is 0 Å². The summed E-state index contributed by atoms with van der Waals surface area (Å²) in [5.74, 6) is -0.538. The number of hydrogen-bond acceptors (Lipinski definition) is 4. The Morgan fingerprint density at radius 1 is 1.53 bits per heavy atom. The number of aromatic amines is 1. The number of carbonyl (C=O) groups excluding carboxylic acids is 1. The van der Waals surface area contributed by atoms with Gasteiger partial charge in [-0.05, 0) is 12.5 Å². The summed E-state index contributed by atoms with van der Waals surface area (Å²) in [5, 5.41) is 10.2. The normalized spacial score (nSPS) is 9.94. The molecule has 1 amide bonds. The largest absolute Gasteiger partial charge is 0.333 e. The molecule has 0 radical (unpaired) electrons. The lowest BCUT2D eigenvalue weighted by atomic mass is 10.2. The minimum absolute atomic E-state index is 0.228. The summed E-state index contributed by atoms with van der Waals surface area (Å²) in [6, 6.07) is 2.93. The van der Waals surface area contributed by atoms with Crippen LogP contribution in [0.15, 0.2) is 23.1 Å². The van der Waals surface area contributed by atoms with Gasteiger partial charge in [-0.25, -0.2) is 0 Å². The summed E-state index contributed by atoms with van der Waals surface area (Å²) in [4.78, 5) is 35.7. The average molecular weight is 239 g/mol. The Labute approximate surface area is 97.2 Å². The fourth-order valence-electron chi connectivity index (χ4n) is 1.35. The van der Waals surface area contributed by atoms with E-state index in [9.17, 15) is 19.7 Å². The first-order valence-electron chi connectivity index (χ1n) is 5.10. The van der Waals surface area contributed by atoms with Crippen molar-refractivity contribution in [1.29, 1.82) is 0 Å². The fraction of sp³-hybridized carbons (Fsp3) is 0.400. The van der Waals surface area contributed by atoms with Crippen LogP contribution in [0.25, 0.3) is 0 Å². The average Bonchev–Trinajstić information content (AvgIpc) is 2.27. The number of carbonyl (C=O) groups is 1. The molecule has 1 heterocycles. The molecule has 0 unspecified atom stereocenters. The van der Waals surface area contributed by atoms with Crippen LogP contribution in [-0.4, -0.2) is 33.8 Å². The molecule has 0 fully saturated rings. The molecule has 0 bridgehead atoms. The second-order valence-electron chi connectivity index (χ2n) is 3.46. The molecule has 0 aliphatic heterocycles. The molecule has 0 aromatic carbocycles. The van der Waals surface area contributed by atoms with E-state index in [2.05, 4.69) is 4.98 Å². The highest BCUT2D eigenvalue weighted by molar-refractivity contribution is 5.77. The Morgan fingerprint density at radius 3 is 2.71 bits per heavy atom. The highest BCUT2D eigenvalue weighted by Crippen LogP contribution is 2.01. The molecular weight excluding hydrogens is 226 g/mol. The minimum Gasteiger partial charge on any atom is -0.333 e. The van der Waals surface area contributed by atoms with Crippen molar-refractivity contribution in [3.8, 4) is 0 Å². The van der Waals surface area contributed by atoms with Crippen LogP contribution in [0.2, 0.25) is 0 Å². The molecule has 7 nitrogen and oxygen atoms in total. The smallest absolute Gasteiger partial charge is 0.294 e. The van der Waals surface area contributed by atoms with Gasteiger partial charge in [0, 0.05) is 30.3 Å². The fourth-order valence-corrected chi connectivity index (χ4v) is 1.35. The highest BCUT2D eigenvalue weighted by atomic mass is 16.6. The quantitative estimate of drug-likeness (QED) is 0.577. The van der Waals surface area contributed by atoms with E-state index in [4.69, 9.17) is 0 Å². The molecule has 17 heavy (non-hydrogen) atoms. The van der Waals surface area contributed by atoms with Crippen molar-refractivity contribution in [3.05, 3.63) is 44.4 Å². The van der Waals surface area contributed by atoms with E-state index in [0.717, 1.165) is 5.56 Å². The van der Waals surface area contributed by atoms with Gasteiger partial charge in [-0.3, -0.25) is 19.7 Å². The Hall–Kier alpha value is -2.18. The molecule has 1 rings (SSSR count). The van der Waals surface area contributed by atoms with Gasteiger partial charge in [0.05, 0.1) is 0 Å². The number of rotatable bonds is 5. The van der Waals surface area contributed by atoms with Crippen molar-refractivity contribution in [2.24, 2.45) is 0 Å². The van der Waals surface area contributed by atoms with Crippen LogP contribution in [0, 0.1) is 10.1 Å². The van der Waals surface area contributed by atoms with E-state index in [0.29, 0.717) is 6.54 Å². The zero-order chi connectivity index (χ0) is 12.8. The maximum absolute atomic E-state index is 11.5. The van der Waals surface area contributed by atoms with E-state index in [1.807, 2.05) is 0 Å². The maximum atomic E-state index is 11.5. The van der Waals surface area contributed by atoms with Crippen LogP contribution in [0.1, 0.15) is 12.5 Å². The van der Waals surface area contributed by atoms with Gasteiger partial charge < -0.3 is 9.88 Å². The number of nitro groups is 1. The molecular formula is C10H13N3O4. The van der Waals surface area contributed by atoms with E-state index >= 15 is 0 Å². The number of H-pyrrole nitrogens is 1. The number of pyridine rings is 1. The van der Waals surface area contributed by atoms with Crippen LogP contribution < -0.4 is 5.56 Å². The van der Waals surface area contributed by atoms with Gasteiger partial charge in [0.2, 0.25) is 5.56 Å². The Balaban J connectivity index is 2.69. The first kappa shape index (κ1) is 12.9. The number of aromatic nitrogens is 1. The van der Waals surface area contributed by atoms with E-state index in [1.165, 1.54) is 17.2 Å². The lowest BCUT2D eigenvalue weighted by molar-refractivity contribution is -0.468. The van der Waals surface area contributed by atoms with E-state index in [1.54, 1.807) is 13.0 Å². The monoisotopic (exact) mass is 239 g/mol. The van der Waals surface area contributed by atoms with E-state index < -0.39 is 17.4 Å². The summed E-state index contributed by atoms with van der Waals surface area (Å²) < 4.78 is 0. The van der Waals surface area contributed by atoms with Crippen LogP contribution >= 0.6 is 0 Å². The van der Waals surface area contributed by atoms with Crippen LogP contribution in [0.4, 0.5) is 0 Å². The van der Waals surface area contributed by atoms with Crippen LogP contribution in [0.5, 0.6) is 0 Å². The highest BCUT2D eigenvalue weighted by Gasteiger charge is 2.17. The summed E-state index contributed by atoms with van der Waals surface area (Å²) in [6.45, 7) is 1.66. The zero-order valence-corrected chi connectivity index (χ0v) is 9.38. The van der Waals surface area contributed by atoms with Gasteiger partial charge in [0.1, 0.15) is 0 Å². The lowest BCUT2D eigenvalue weighted by Crippen LogP contribution is -2.35. The van der Waals surface area contributed by atoms with Crippen molar-refractivity contribution in [2.45, 2.75) is 13.5 Å². The lowest BCUT2D eigenvalue weighted by Gasteiger charge is -2.18. The maximum Gasteiger partial charge on any atom is 0.294 e. The summed E-state index contributed by atoms with van der Waals surface area (Å²) in [7, 11) is 0. The second kappa shape index (κ2) is 5.78. The molecule has 0 aliphatic carbocycles. The molecule has 1 aromatic rings. The SMILES string of the molecule is CCN(Cc1ccc(=O)[nH]c1)C(=O)C[N+](=O)[O-]. The Morgan fingerprint density at radius 2 is 2.24 bits per heavy atom. The first-order valence-corrected chi connectivity index (χ1v) is 5.10. The topological polar surface area (TPSA) is 96.3 Å². The zero-order valence-electron chi connectivity index (χ0n) is 9.38. The minimum atomic E-state index is -0.711. The van der Waals surface area contributed by atoms with Gasteiger partial charge in [0.15, 0.2) is 0 Å². The molecule has 0 saturated carbocycles. The molecule has 7 heteroatoms. The Kier molecular flexibility index (Phi) is 4.38. The third-order valence-corrected chi connectivity index (χ3v) is 2.22. The molecule has 0 aliphatic rings. The predicted octanol–water partition coefficient (Wildman–Crippen LogP) is 0.000100. The molecule has 92 valence electrons. The van der Waals surface area contributed by atoms with Gasteiger partial charge >= 0.3 is 0 Å².